The van der Waals surface area contributed by atoms with E-state index >= 15 is 0 Å². The van der Waals surface area contributed by atoms with Crippen molar-refractivity contribution in [2.45, 2.75) is 51.4 Å². The van der Waals surface area contributed by atoms with Crippen LogP contribution in [-0.4, -0.2) is 30.6 Å². The third-order valence-corrected chi connectivity index (χ3v) is 6.32. The smallest absolute Gasteiger partial charge is 0.229 e. The molecule has 3 fully saturated rings. The molecule has 7 heteroatoms. The summed E-state index contributed by atoms with van der Waals surface area (Å²) in [5, 5.41) is 6.42. The lowest BCUT2D eigenvalue weighted by Gasteiger charge is -2.23. The van der Waals surface area contributed by atoms with Crippen molar-refractivity contribution in [3.8, 4) is 5.75 Å². The van der Waals surface area contributed by atoms with Crippen LogP contribution in [0.5, 0.6) is 5.75 Å². The Kier molecular flexibility index (Phi) is 8.20. The lowest BCUT2D eigenvalue weighted by molar-refractivity contribution is -0.118. The monoisotopic (exact) mass is 415 g/mol. The van der Waals surface area contributed by atoms with E-state index in [0.29, 0.717) is 17.5 Å². The zero-order valence-electron chi connectivity index (χ0n) is 15.7. The van der Waals surface area contributed by atoms with Crippen LogP contribution in [0, 0.1) is 17.3 Å². The van der Waals surface area contributed by atoms with Crippen molar-refractivity contribution in [2.75, 3.05) is 25.0 Å². The van der Waals surface area contributed by atoms with Crippen LogP contribution in [0.1, 0.15) is 51.4 Å². The normalized spacial score (nSPS) is 23.6. The number of hydrogen-bond acceptors (Lipinski definition) is 4. The van der Waals surface area contributed by atoms with Crippen molar-refractivity contribution in [1.29, 1.82) is 0 Å². The van der Waals surface area contributed by atoms with E-state index in [-0.39, 0.29) is 42.1 Å². The molecule has 4 rings (SSSR count). The maximum absolute atomic E-state index is 12.7. The number of rotatable bonds is 5. The molecule has 152 valence electrons. The Hall–Kier alpha value is -1.04. The van der Waals surface area contributed by atoms with E-state index in [1.807, 2.05) is 12.1 Å². The molecule has 1 aromatic heterocycles. The van der Waals surface area contributed by atoms with Crippen LogP contribution in [0.2, 0.25) is 0 Å². The van der Waals surface area contributed by atoms with Gasteiger partial charge in [-0.3, -0.25) is 4.79 Å². The van der Waals surface area contributed by atoms with Gasteiger partial charge in [0.2, 0.25) is 5.91 Å². The number of carbonyl (C=O) groups excluding carboxylic acids is 1. The first-order valence-corrected chi connectivity index (χ1v) is 9.86. The number of pyridine rings is 1. The molecule has 1 atom stereocenters. The number of amides is 1. The number of hydrogen-bond donors (Lipinski definition) is 2. The molecule has 2 aliphatic carbocycles. The molecule has 2 N–H and O–H groups in total. The summed E-state index contributed by atoms with van der Waals surface area (Å²) in [4.78, 5) is 17.0. The molecule has 2 saturated carbocycles. The van der Waals surface area contributed by atoms with Gasteiger partial charge in [-0.2, -0.15) is 0 Å². The number of halogens is 2. The Balaban J connectivity index is 0.00000131. The first-order valence-electron chi connectivity index (χ1n) is 9.86. The van der Waals surface area contributed by atoms with E-state index in [0.717, 1.165) is 39.0 Å². The van der Waals surface area contributed by atoms with Crippen molar-refractivity contribution < 1.29 is 9.53 Å². The Bertz CT molecular complexity index is 617. The fraction of sp³-hybridized carbons (Fsp3) is 0.700. The maximum atomic E-state index is 12.7. The maximum Gasteiger partial charge on any atom is 0.229 e. The lowest BCUT2D eigenvalue weighted by atomic mass is 9.90. The van der Waals surface area contributed by atoms with Crippen LogP contribution in [0.4, 0.5) is 5.82 Å². The fourth-order valence-electron chi connectivity index (χ4n) is 4.56. The summed E-state index contributed by atoms with van der Waals surface area (Å²) in [5.74, 6) is 2.19. The van der Waals surface area contributed by atoms with Gasteiger partial charge in [0.1, 0.15) is 0 Å². The lowest BCUT2D eigenvalue weighted by Crippen LogP contribution is -2.31. The van der Waals surface area contributed by atoms with Crippen LogP contribution in [0.25, 0.3) is 0 Å². The van der Waals surface area contributed by atoms with Gasteiger partial charge in [-0.1, -0.05) is 19.3 Å². The fourth-order valence-corrected chi connectivity index (χ4v) is 4.56. The predicted molar refractivity (Wildman–Crippen MR) is 112 cm³/mol. The molecule has 1 unspecified atom stereocenters. The highest BCUT2D eigenvalue weighted by molar-refractivity contribution is 5.95. The molecule has 5 nitrogen and oxygen atoms in total. The van der Waals surface area contributed by atoms with Crippen LogP contribution in [0.3, 0.4) is 0 Å². The first-order chi connectivity index (χ1) is 12.3. The van der Waals surface area contributed by atoms with E-state index in [1.54, 1.807) is 6.20 Å². The van der Waals surface area contributed by atoms with Gasteiger partial charge in [-0.15, -0.1) is 24.8 Å². The van der Waals surface area contributed by atoms with E-state index < -0.39 is 0 Å². The van der Waals surface area contributed by atoms with Gasteiger partial charge in [0.05, 0.1) is 6.61 Å². The Morgan fingerprint density at radius 1 is 1.22 bits per heavy atom. The van der Waals surface area contributed by atoms with Gasteiger partial charge in [0.25, 0.3) is 0 Å². The first kappa shape index (κ1) is 22.3. The van der Waals surface area contributed by atoms with Crippen molar-refractivity contribution in [2.24, 2.45) is 17.3 Å². The summed E-state index contributed by atoms with van der Waals surface area (Å²) in [6.07, 6.45) is 11.4. The standard InChI is InChI=1S/C20H29N3O2.2ClH/c24-19(16-13-20(16)8-11-21-12-9-20)23-18-17(7-4-10-22-18)25-14-15-5-2-1-3-6-15;;/h4,7,10,15-16,21H,1-3,5-6,8-9,11-14H2,(H,22,23,24);2*1H. The molecule has 2 heterocycles. The second-order valence-corrected chi connectivity index (χ2v) is 8.02. The minimum Gasteiger partial charge on any atom is -0.489 e. The summed E-state index contributed by atoms with van der Waals surface area (Å²) < 4.78 is 6.03. The Morgan fingerprint density at radius 3 is 2.70 bits per heavy atom. The van der Waals surface area contributed by atoms with E-state index in [2.05, 4.69) is 15.6 Å². The zero-order valence-corrected chi connectivity index (χ0v) is 17.4. The molecule has 1 spiro atoms. The summed E-state index contributed by atoms with van der Waals surface area (Å²) in [7, 11) is 0. The van der Waals surface area contributed by atoms with Crippen LogP contribution in [-0.2, 0) is 4.79 Å². The molecule has 1 aliphatic heterocycles. The highest BCUT2D eigenvalue weighted by atomic mass is 35.5. The number of nitrogens with one attached hydrogen (secondary N) is 2. The van der Waals surface area contributed by atoms with Crippen LogP contribution in [0.15, 0.2) is 18.3 Å². The number of aromatic nitrogens is 1. The third-order valence-electron chi connectivity index (χ3n) is 6.32. The largest absolute Gasteiger partial charge is 0.489 e. The van der Waals surface area contributed by atoms with Crippen molar-refractivity contribution in [3.63, 3.8) is 0 Å². The van der Waals surface area contributed by atoms with Crippen LogP contribution >= 0.6 is 24.8 Å². The number of piperidine rings is 1. The molecule has 0 bridgehead atoms. The highest BCUT2D eigenvalue weighted by Crippen LogP contribution is 2.58. The van der Waals surface area contributed by atoms with E-state index in [9.17, 15) is 4.79 Å². The molecule has 0 aromatic carbocycles. The molecule has 1 saturated heterocycles. The second-order valence-electron chi connectivity index (χ2n) is 8.02. The summed E-state index contributed by atoms with van der Waals surface area (Å²) in [5.41, 5.74) is 0.243. The average molecular weight is 416 g/mol. The predicted octanol–water partition coefficient (Wildman–Crippen LogP) is 4.21. The van der Waals surface area contributed by atoms with Gasteiger partial charge >= 0.3 is 0 Å². The zero-order chi connectivity index (χ0) is 17.1. The Labute approximate surface area is 174 Å². The SMILES string of the molecule is Cl.Cl.O=C(Nc1ncccc1OCC1CCCCC1)C1CC12CCNCC2. The second kappa shape index (κ2) is 9.94. The summed E-state index contributed by atoms with van der Waals surface area (Å²) in [6, 6.07) is 3.79. The van der Waals surface area contributed by atoms with Gasteiger partial charge < -0.3 is 15.4 Å². The highest BCUT2D eigenvalue weighted by Gasteiger charge is 2.57. The average Bonchev–Trinajstić information content (AvgIpc) is 3.35. The molecular formula is C20H31Cl2N3O2. The molecule has 3 aliphatic rings. The molecule has 0 radical (unpaired) electrons. The third kappa shape index (κ3) is 5.27. The van der Waals surface area contributed by atoms with E-state index in [1.165, 1.54) is 32.1 Å². The number of carbonyl (C=O) groups is 1. The molecule has 1 aromatic rings. The quantitative estimate of drug-likeness (QED) is 0.755. The van der Waals surface area contributed by atoms with Gasteiger partial charge in [-0.05, 0) is 68.7 Å². The van der Waals surface area contributed by atoms with Gasteiger partial charge in [-0.25, -0.2) is 4.98 Å². The van der Waals surface area contributed by atoms with Crippen molar-refractivity contribution in [3.05, 3.63) is 18.3 Å². The Morgan fingerprint density at radius 2 is 1.96 bits per heavy atom. The minimum atomic E-state index is 0. The van der Waals surface area contributed by atoms with E-state index in [4.69, 9.17) is 4.74 Å². The molecule has 1 amide bonds. The molecular weight excluding hydrogens is 385 g/mol. The summed E-state index contributed by atoms with van der Waals surface area (Å²) >= 11 is 0. The number of ether oxygens (including phenoxy) is 1. The van der Waals surface area contributed by atoms with Crippen molar-refractivity contribution in [1.82, 2.24) is 10.3 Å². The number of nitrogens with zero attached hydrogens (tertiary/aromatic N) is 1. The van der Waals surface area contributed by atoms with Crippen LogP contribution < -0.4 is 15.4 Å². The minimum absolute atomic E-state index is 0. The van der Waals surface area contributed by atoms with Gasteiger partial charge in [0.15, 0.2) is 11.6 Å². The van der Waals surface area contributed by atoms with Gasteiger partial charge in [0, 0.05) is 12.1 Å². The summed E-state index contributed by atoms with van der Waals surface area (Å²) in [6.45, 7) is 2.79. The molecule has 27 heavy (non-hydrogen) atoms. The van der Waals surface area contributed by atoms with Crippen molar-refractivity contribution >= 4 is 36.5 Å². The number of anilines is 1. The topological polar surface area (TPSA) is 63.2 Å².